The second-order valence-electron chi connectivity index (χ2n) is 5.05. The number of rotatable bonds is 4. The molecule has 0 aromatic heterocycles. The first kappa shape index (κ1) is 17.6. The number of anilines is 1. The fourth-order valence-corrected chi connectivity index (χ4v) is 2.10. The van der Waals surface area contributed by atoms with Gasteiger partial charge in [-0.1, -0.05) is 18.2 Å². The zero-order chi connectivity index (χ0) is 18.6. The van der Waals surface area contributed by atoms with Gasteiger partial charge in [0.05, 0.1) is 16.2 Å². The normalized spacial score (nSPS) is 11.2. The van der Waals surface area contributed by atoms with Gasteiger partial charge in [-0.3, -0.25) is 14.9 Å². The first-order valence-electron chi connectivity index (χ1n) is 6.99. The van der Waals surface area contributed by atoms with Crippen LogP contribution in [0.2, 0.25) is 0 Å². The third-order valence-corrected chi connectivity index (χ3v) is 3.30. The molecule has 126 valence electrons. The minimum atomic E-state index is -1.08. The number of nitriles is 1. The summed E-state index contributed by atoms with van der Waals surface area (Å²) in [6.07, 6.45) is 0. The number of halogens is 1. The second kappa shape index (κ2) is 7.23. The van der Waals surface area contributed by atoms with Gasteiger partial charge in [0.1, 0.15) is 11.9 Å². The third-order valence-electron chi connectivity index (χ3n) is 3.30. The minimum Gasteiger partial charge on any atom is -0.505 e. The molecule has 1 amide bonds. The lowest BCUT2D eigenvalue weighted by molar-refractivity contribution is -0.385. The van der Waals surface area contributed by atoms with Crippen LogP contribution in [0, 0.1) is 34.2 Å². The number of benzene rings is 2. The van der Waals surface area contributed by atoms with Crippen molar-refractivity contribution in [2.45, 2.75) is 6.92 Å². The lowest BCUT2D eigenvalue weighted by atomic mass is 10.1. The monoisotopic (exact) mass is 341 g/mol. The van der Waals surface area contributed by atoms with Crippen molar-refractivity contribution < 1.29 is 19.2 Å². The molecule has 2 aromatic carbocycles. The molecule has 0 saturated heterocycles. The summed E-state index contributed by atoms with van der Waals surface area (Å²) >= 11 is 0. The molecule has 7 nitrogen and oxygen atoms in total. The van der Waals surface area contributed by atoms with Crippen LogP contribution in [-0.2, 0) is 4.79 Å². The molecule has 0 unspecified atom stereocenters. The van der Waals surface area contributed by atoms with Gasteiger partial charge < -0.3 is 10.4 Å². The molecule has 25 heavy (non-hydrogen) atoms. The number of nitro benzene ring substituents is 1. The first-order valence-corrected chi connectivity index (χ1v) is 6.99. The number of nitrogens with zero attached hydrogens (tertiary/aromatic N) is 2. The van der Waals surface area contributed by atoms with Crippen molar-refractivity contribution >= 4 is 23.0 Å². The van der Waals surface area contributed by atoms with E-state index in [4.69, 9.17) is 5.26 Å². The van der Waals surface area contributed by atoms with Crippen LogP contribution in [-0.4, -0.2) is 15.9 Å². The summed E-state index contributed by atoms with van der Waals surface area (Å²) in [5.74, 6) is -2.66. The summed E-state index contributed by atoms with van der Waals surface area (Å²) in [4.78, 5) is 22.5. The molecule has 0 aliphatic rings. The van der Waals surface area contributed by atoms with Crippen molar-refractivity contribution in [3.63, 3.8) is 0 Å². The SMILES string of the molecule is Cc1ccc(F)c(NC(=O)C(C#N)=C(O)c2ccccc2[N+](=O)[O-])c1. The highest BCUT2D eigenvalue weighted by Crippen LogP contribution is 2.27. The van der Waals surface area contributed by atoms with Crippen molar-refractivity contribution in [2.75, 3.05) is 5.32 Å². The van der Waals surface area contributed by atoms with Gasteiger partial charge in [-0.25, -0.2) is 4.39 Å². The van der Waals surface area contributed by atoms with Gasteiger partial charge >= 0.3 is 0 Å². The Labute approximate surface area is 141 Å². The van der Waals surface area contributed by atoms with E-state index in [-0.39, 0.29) is 11.3 Å². The zero-order valence-corrected chi connectivity index (χ0v) is 13.0. The second-order valence-corrected chi connectivity index (χ2v) is 5.05. The van der Waals surface area contributed by atoms with Crippen molar-refractivity contribution in [3.8, 4) is 6.07 Å². The molecular formula is C17H12FN3O4. The van der Waals surface area contributed by atoms with Crippen LogP contribution in [0.15, 0.2) is 48.0 Å². The van der Waals surface area contributed by atoms with Crippen LogP contribution in [0.5, 0.6) is 0 Å². The lowest BCUT2D eigenvalue weighted by Crippen LogP contribution is -2.16. The molecular weight excluding hydrogens is 329 g/mol. The summed E-state index contributed by atoms with van der Waals surface area (Å²) < 4.78 is 13.7. The average Bonchev–Trinajstić information content (AvgIpc) is 2.58. The molecule has 0 saturated carbocycles. The van der Waals surface area contributed by atoms with Gasteiger partial charge in [-0.15, -0.1) is 0 Å². The quantitative estimate of drug-likeness (QED) is 0.290. The third kappa shape index (κ3) is 3.79. The summed E-state index contributed by atoms with van der Waals surface area (Å²) in [5, 5.41) is 32.5. The van der Waals surface area contributed by atoms with Crippen molar-refractivity contribution in [1.29, 1.82) is 5.26 Å². The number of nitrogens with one attached hydrogen (secondary N) is 1. The van der Waals surface area contributed by atoms with E-state index in [1.807, 2.05) is 0 Å². The van der Waals surface area contributed by atoms with E-state index in [2.05, 4.69) is 5.32 Å². The number of aliphatic hydroxyl groups excluding tert-OH is 1. The van der Waals surface area contributed by atoms with Gasteiger partial charge in [0.2, 0.25) is 0 Å². The highest BCUT2D eigenvalue weighted by Gasteiger charge is 2.23. The van der Waals surface area contributed by atoms with E-state index in [1.165, 1.54) is 36.4 Å². The van der Waals surface area contributed by atoms with E-state index >= 15 is 0 Å². The Morgan fingerprint density at radius 1 is 1.32 bits per heavy atom. The minimum absolute atomic E-state index is 0.173. The molecule has 2 aromatic rings. The van der Waals surface area contributed by atoms with Crippen molar-refractivity contribution in [1.82, 2.24) is 0 Å². The van der Waals surface area contributed by atoms with E-state index in [1.54, 1.807) is 6.92 Å². The zero-order valence-electron chi connectivity index (χ0n) is 13.0. The molecule has 0 aliphatic carbocycles. The summed E-state index contributed by atoms with van der Waals surface area (Å²) in [5.41, 5.74) is -1.03. The molecule has 0 heterocycles. The Hall–Kier alpha value is -3.73. The standard InChI is InChI=1S/C17H12FN3O4/c1-10-6-7-13(18)14(8-10)20-17(23)12(9-19)16(22)11-4-2-3-5-15(11)21(24)25/h2-8,22H,1H3,(H,20,23). The molecule has 0 spiro atoms. The molecule has 0 radical (unpaired) electrons. The van der Waals surface area contributed by atoms with Gasteiger partial charge in [-0.2, -0.15) is 5.26 Å². The first-order chi connectivity index (χ1) is 11.8. The summed E-state index contributed by atoms with van der Waals surface area (Å²) in [7, 11) is 0. The van der Waals surface area contributed by atoms with Crippen molar-refractivity contribution in [2.24, 2.45) is 0 Å². The van der Waals surface area contributed by atoms with Gasteiger partial charge in [0.15, 0.2) is 11.3 Å². The molecule has 2 N–H and O–H groups in total. The molecule has 0 aliphatic heterocycles. The largest absolute Gasteiger partial charge is 0.505 e. The Kier molecular flexibility index (Phi) is 5.09. The maximum Gasteiger partial charge on any atom is 0.280 e. The smallest absolute Gasteiger partial charge is 0.280 e. The predicted molar refractivity (Wildman–Crippen MR) is 88.0 cm³/mol. The van der Waals surface area contributed by atoms with E-state index in [9.17, 15) is 24.4 Å². The number of hydrogen-bond acceptors (Lipinski definition) is 5. The highest BCUT2D eigenvalue weighted by atomic mass is 19.1. The number of carbonyl (C=O) groups is 1. The van der Waals surface area contributed by atoms with Gasteiger partial charge in [-0.05, 0) is 30.7 Å². The van der Waals surface area contributed by atoms with Crippen LogP contribution in [0.25, 0.3) is 5.76 Å². The van der Waals surface area contributed by atoms with Gasteiger partial charge in [0.25, 0.3) is 11.6 Å². The van der Waals surface area contributed by atoms with Crippen LogP contribution < -0.4 is 5.32 Å². The Morgan fingerprint density at radius 3 is 2.64 bits per heavy atom. The summed E-state index contributed by atoms with van der Waals surface area (Å²) in [6, 6.07) is 10.6. The van der Waals surface area contributed by atoms with Crippen LogP contribution in [0.1, 0.15) is 11.1 Å². The Bertz CT molecular complexity index is 932. The fourth-order valence-electron chi connectivity index (χ4n) is 2.10. The number of aryl methyl sites for hydroxylation is 1. The number of nitro groups is 1. The number of carbonyl (C=O) groups excluding carboxylic acids is 1. The summed E-state index contributed by atoms with van der Waals surface area (Å²) in [6.45, 7) is 1.68. The van der Waals surface area contributed by atoms with Crippen LogP contribution in [0.3, 0.4) is 0 Å². The topological polar surface area (TPSA) is 116 Å². The molecule has 2 rings (SSSR count). The van der Waals surface area contributed by atoms with E-state index < -0.39 is 33.7 Å². The Morgan fingerprint density at radius 2 is 2.00 bits per heavy atom. The highest BCUT2D eigenvalue weighted by molar-refractivity contribution is 6.11. The number of aliphatic hydroxyl groups is 1. The molecule has 0 bridgehead atoms. The number of hydrogen-bond donors (Lipinski definition) is 2. The maximum atomic E-state index is 13.7. The van der Waals surface area contributed by atoms with Crippen LogP contribution in [0.4, 0.5) is 15.8 Å². The molecule has 0 atom stereocenters. The lowest BCUT2D eigenvalue weighted by Gasteiger charge is -2.08. The maximum absolute atomic E-state index is 13.7. The average molecular weight is 341 g/mol. The van der Waals surface area contributed by atoms with Gasteiger partial charge in [0, 0.05) is 6.07 Å². The molecule has 8 heteroatoms. The van der Waals surface area contributed by atoms with E-state index in [0.717, 1.165) is 12.1 Å². The number of para-hydroxylation sites is 1. The molecule has 0 fully saturated rings. The van der Waals surface area contributed by atoms with Crippen LogP contribution >= 0.6 is 0 Å². The Balaban J connectivity index is 2.46. The number of amides is 1. The fraction of sp³-hybridized carbons (Fsp3) is 0.0588. The van der Waals surface area contributed by atoms with Crippen molar-refractivity contribution in [3.05, 3.63) is 75.1 Å². The predicted octanol–water partition coefficient (Wildman–Crippen LogP) is 3.47. The van der Waals surface area contributed by atoms with E-state index in [0.29, 0.717) is 5.56 Å².